The Balaban J connectivity index is 1.97. The molecule has 1 aromatic carbocycles. The smallest absolute Gasteiger partial charge is 0.309 e. The van der Waals surface area contributed by atoms with Crippen LogP contribution in [0.2, 0.25) is 5.02 Å². The molecule has 1 fully saturated rings. The van der Waals surface area contributed by atoms with Gasteiger partial charge in [0.2, 0.25) is 0 Å². The zero-order chi connectivity index (χ0) is 16.5. The summed E-state index contributed by atoms with van der Waals surface area (Å²) in [5.41, 5.74) is 0.158. The normalized spacial score (nSPS) is 20.3. The number of ether oxygens (including phenoxy) is 1. The van der Waals surface area contributed by atoms with Gasteiger partial charge in [-0.3, -0.25) is 9.59 Å². The van der Waals surface area contributed by atoms with Crippen molar-refractivity contribution < 1.29 is 22.7 Å². The number of benzene rings is 1. The summed E-state index contributed by atoms with van der Waals surface area (Å²) in [6.45, 7) is 1.50. The lowest BCUT2D eigenvalue weighted by Gasteiger charge is -2.09. The second kappa shape index (κ2) is 6.26. The van der Waals surface area contributed by atoms with Crippen molar-refractivity contribution in [2.24, 2.45) is 11.8 Å². The zero-order valence-corrected chi connectivity index (χ0v) is 13.7. The van der Waals surface area contributed by atoms with Gasteiger partial charge in [0.25, 0.3) is 5.91 Å². The Morgan fingerprint density at radius 1 is 1.41 bits per heavy atom. The van der Waals surface area contributed by atoms with Crippen LogP contribution in [0.1, 0.15) is 13.3 Å². The van der Waals surface area contributed by atoms with E-state index in [2.05, 4.69) is 5.32 Å². The lowest BCUT2D eigenvalue weighted by atomic mass is 10.3. The van der Waals surface area contributed by atoms with Gasteiger partial charge >= 0.3 is 5.97 Å². The first kappa shape index (κ1) is 16.8. The van der Waals surface area contributed by atoms with Gasteiger partial charge in [0.05, 0.1) is 21.5 Å². The van der Waals surface area contributed by atoms with Crippen LogP contribution in [0.15, 0.2) is 23.1 Å². The van der Waals surface area contributed by atoms with Gasteiger partial charge in [-0.25, -0.2) is 8.42 Å². The van der Waals surface area contributed by atoms with Gasteiger partial charge < -0.3 is 10.1 Å². The third-order valence-corrected chi connectivity index (χ3v) is 4.84. The van der Waals surface area contributed by atoms with E-state index in [4.69, 9.17) is 16.3 Å². The van der Waals surface area contributed by atoms with Crippen LogP contribution in [0.5, 0.6) is 0 Å². The molecule has 0 spiro atoms. The molecule has 0 heterocycles. The van der Waals surface area contributed by atoms with Gasteiger partial charge in [0.15, 0.2) is 16.4 Å². The minimum absolute atomic E-state index is 0.0380. The molecule has 1 saturated carbocycles. The molecule has 6 nitrogen and oxygen atoms in total. The quantitative estimate of drug-likeness (QED) is 0.823. The van der Waals surface area contributed by atoms with Crippen molar-refractivity contribution in [1.82, 2.24) is 0 Å². The molecule has 0 unspecified atom stereocenters. The predicted molar refractivity (Wildman–Crippen MR) is 81.4 cm³/mol. The highest BCUT2D eigenvalue weighted by Gasteiger charge is 2.40. The molecule has 0 bridgehead atoms. The molecule has 1 aliphatic rings. The Morgan fingerprint density at radius 2 is 2.05 bits per heavy atom. The van der Waals surface area contributed by atoms with E-state index < -0.39 is 28.3 Å². The zero-order valence-electron chi connectivity index (χ0n) is 12.1. The minimum atomic E-state index is -3.41. The van der Waals surface area contributed by atoms with Crippen LogP contribution in [-0.4, -0.2) is 33.2 Å². The van der Waals surface area contributed by atoms with Gasteiger partial charge in [0, 0.05) is 6.26 Å². The average molecular weight is 346 g/mol. The van der Waals surface area contributed by atoms with E-state index in [1.54, 1.807) is 0 Å². The van der Waals surface area contributed by atoms with E-state index in [0.717, 1.165) is 12.7 Å². The lowest BCUT2D eigenvalue weighted by molar-refractivity contribution is -0.148. The van der Waals surface area contributed by atoms with Gasteiger partial charge in [-0.15, -0.1) is 0 Å². The number of anilines is 1. The standard InChI is InChI=1S/C14H16ClNO5S/c1-8-5-10(8)14(18)21-7-13(17)16-12-6-9(22(2,19)20)3-4-11(12)15/h3-4,6,8,10H,5,7H2,1-2H3,(H,16,17)/t8-,10+/m0/s1. The van der Waals surface area contributed by atoms with E-state index >= 15 is 0 Å². The fourth-order valence-electron chi connectivity index (χ4n) is 1.91. The van der Waals surface area contributed by atoms with Crippen molar-refractivity contribution in [3.63, 3.8) is 0 Å². The SMILES string of the molecule is C[C@H]1C[C@H]1C(=O)OCC(=O)Nc1cc(S(C)(=O)=O)ccc1Cl. The third kappa shape index (κ3) is 4.20. The van der Waals surface area contributed by atoms with Crippen LogP contribution < -0.4 is 5.32 Å². The number of esters is 1. The maximum absolute atomic E-state index is 11.8. The lowest BCUT2D eigenvalue weighted by Crippen LogP contribution is -2.22. The van der Waals surface area contributed by atoms with Gasteiger partial charge in [-0.1, -0.05) is 18.5 Å². The van der Waals surface area contributed by atoms with Crippen LogP contribution >= 0.6 is 11.6 Å². The molecular weight excluding hydrogens is 330 g/mol. The molecule has 0 aromatic heterocycles. The molecule has 1 N–H and O–H groups in total. The first-order chi connectivity index (χ1) is 10.2. The Bertz CT molecular complexity index is 716. The van der Waals surface area contributed by atoms with Crippen molar-refractivity contribution >= 4 is 39.0 Å². The third-order valence-electron chi connectivity index (χ3n) is 3.40. The number of halogens is 1. The molecule has 0 radical (unpaired) electrons. The first-order valence-corrected chi connectivity index (χ1v) is 8.91. The molecule has 2 rings (SSSR count). The number of carbonyl (C=O) groups excluding carboxylic acids is 2. The van der Waals surface area contributed by atoms with Gasteiger partial charge in [-0.2, -0.15) is 0 Å². The molecule has 1 aliphatic carbocycles. The molecule has 0 aliphatic heterocycles. The van der Waals surface area contributed by atoms with E-state index in [1.165, 1.54) is 18.2 Å². The van der Waals surface area contributed by atoms with E-state index in [1.807, 2.05) is 6.92 Å². The molecule has 2 atom stereocenters. The molecule has 8 heteroatoms. The molecule has 1 aromatic rings. The molecule has 22 heavy (non-hydrogen) atoms. The van der Waals surface area contributed by atoms with E-state index in [-0.39, 0.29) is 21.5 Å². The second-order valence-corrected chi connectivity index (χ2v) is 7.81. The van der Waals surface area contributed by atoms with Crippen molar-refractivity contribution in [3.8, 4) is 0 Å². The number of nitrogens with one attached hydrogen (secondary N) is 1. The van der Waals surface area contributed by atoms with Crippen LogP contribution in [0.4, 0.5) is 5.69 Å². The minimum Gasteiger partial charge on any atom is -0.455 e. The summed E-state index contributed by atoms with van der Waals surface area (Å²) in [4.78, 5) is 23.3. The highest BCUT2D eigenvalue weighted by molar-refractivity contribution is 7.90. The van der Waals surface area contributed by atoms with Crippen LogP contribution in [-0.2, 0) is 24.2 Å². The predicted octanol–water partition coefficient (Wildman–Crippen LogP) is 1.88. The Morgan fingerprint density at radius 3 is 2.59 bits per heavy atom. The summed E-state index contributed by atoms with van der Waals surface area (Å²) in [7, 11) is -3.41. The Kier molecular flexibility index (Phi) is 4.77. The average Bonchev–Trinajstić information content (AvgIpc) is 3.14. The van der Waals surface area contributed by atoms with E-state index in [9.17, 15) is 18.0 Å². The van der Waals surface area contributed by atoms with Crippen molar-refractivity contribution in [3.05, 3.63) is 23.2 Å². The largest absolute Gasteiger partial charge is 0.455 e. The fourth-order valence-corrected chi connectivity index (χ4v) is 2.72. The summed E-state index contributed by atoms with van der Waals surface area (Å²) in [6.07, 6.45) is 1.84. The molecule has 120 valence electrons. The Labute approximate surface area is 133 Å². The fraction of sp³-hybridized carbons (Fsp3) is 0.429. The summed E-state index contributed by atoms with van der Waals surface area (Å²) >= 11 is 5.92. The van der Waals surface area contributed by atoms with Crippen molar-refractivity contribution in [2.75, 3.05) is 18.2 Å². The van der Waals surface area contributed by atoms with Gasteiger partial charge in [0.1, 0.15) is 0 Å². The topological polar surface area (TPSA) is 89.5 Å². The monoisotopic (exact) mass is 345 g/mol. The first-order valence-electron chi connectivity index (χ1n) is 6.64. The summed E-state index contributed by atoms with van der Waals surface area (Å²) in [5, 5.41) is 2.63. The maximum Gasteiger partial charge on any atom is 0.309 e. The number of rotatable bonds is 5. The molecule has 0 saturated heterocycles. The molecular formula is C14H16ClNO5S. The van der Waals surface area contributed by atoms with E-state index in [0.29, 0.717) is 5.92 Å². The van der Waals surface area contributed by atoms with Crippen LogP contribution in [0.3, 0.4) is 0 Å². The van der Waals surface area contributed by atoms with Crippen molar-refractivity contribution in [1.29, 1.82) is 0 Å². The van der Waals surface area contributed by atoms with Gasteiger partial charge in [-0.05, 0) is 30.5 Å². The maximum atomic E-state index is 11.8. The molecule has 1 amide bonds. The number of hydrogen-bond donors (Lipinski definition) is 1. The highest BCUT2D eigenvalue weighted by Crippen LogP contribution is 2.38. The van der Waals surface area contributed by atoms with Crippen LogP contribution in [0, 0.1) is 11.8 Å². The number of sulfone groups is 1. The number of carbonyl (C=O) groups is 2. The van der Waals surface area contributed by atoms with Crippen LogP contribution in [0.25, 0.3) is 0 Å². The summed E-state index contributed by atoms with van der Waals surface area (Å²) in [6, 6.07) is 3.99. The van der Waals surface area contributed by atoms with Crippen molar-refractivity contribution in [2.45, 2.75) is 18.2 Å². The number of hydrogen-bond acceptors (Lipinski definition) is 5. The Hall–Kier alpha value is -1.60. The summed E-state index contributed by atoms with van der Waals surface area (Å²) in [5.74, 6) is -0.783. The number of amides is 1. The second-order valence-electron chi connectivity index (χ2n) is 5.39. The summed E-state index contributed by atoms with van der Waals surface area (Å²) < 4.78 is 27.9. The highest BCUT2D eigenvalue weighted by atomic mass is 35.5.